The van der Waals surface area contributed by atoms with Crippen LogP contribution in [0.4, 0.5) is 0 Å². The summed E-state index contributed by atoms with van der Waals surface area (Å²) in [6.07, 6.45) is -5.02. The minimum atomic E-state index is -1.38. The molecular weight excluding hydrogens is 218 g/mol. The largest absolute Gasteiger partial charge is 0.394 e. The molecule has 1 aliphatic rings. The molecular formula is C9H17NO6. The van der Waals surface area contributed by atoms with Crippen LogP contribution < -0.4 is 5.32 Å². The number of hydrogen-bond acceptors (Lipinski definition) is 7. The molecule has 1 fully saturated rings. The smallest absolute Gasteiger partial charge is 0.173 e. The molecule has 1 aliphatic heterocycles. The average Bonchev–Trinajstić information content (AvgIpc) is 2.22. The van der Waals surface area contributed by atoms with Crippen molar-refractivity contribution < 1.29 is 30.0 Å². The maximum Gasteiger partial charge on any atom is 0.173 e. The van der Waals surface area contributed by atoms with Gasteiger partial charge in [-0.05, 0) is 6.92 Å². The Kier molecular flexibility index (Phi) is 4.78. The predicted octanol–water partition coefficient (Wildman–Crippen LogP) is -3.04. The molecule has 7 nitrogen and oxygen atoms in total. The van der Waals surface area contributed by atoms with Crippen LogP contribution in [0.1, 0.15) is 6.92 Å². The van der Waals surface area contributed by atoms with E-state index in [1.54, 1.807) is 0 Å². The lowest BCUT2D eigenvalue weighted by molar-refractivity contribution is -0.254. The molecule has 1 rings (SSSR count). The highest BCUT2D eigenvalue weighted by Crippen LogP contribution is 2.19. The van der Waals surface area contributed by atoms with Crippen molar-refractivity contribution in [2.75, 3.05) is 13.2 Å². The molecule has 0 aliphatic carbocycles. The van der Waals surface area contributed by atoms with Gasteiger partial charge >= 0.3 is 0 Å². The average molecular weight is 235 g/mol. The minimum Gasteiger partial charge on any atom is -0.394 e. The molecule has 0 aromatic carbocycles. The van der Waals surface area contributed by atoms with E-state index in [0.29, 0.717) is 0 Å². The zero-order valence-corrected chi connectivity index (χ0v) is 8.91. The molecule has 5 N–H and O–H groups in total. The summed E-state index contributed by atoms with van der Waals surface area (Å²) in [4.78, 5) is 10.7. The first-order chi connectivity index (χ1) is 7.47. The fraction of sp³-hybridized carbons (Fsp3) is 0.889. The first kappa shape index (κ1) is 13.5. The summed E-state index contributed by atoms with van der Waals surface area (Å²) in [6, 6.07) is -0.957. The fourth-order valence-corrected chi connectivity index (χ4v) is 1.58. The summed E-state index contributed by atoms with van der Waals surface area (Å²) >= 11 is 0. The normalized spacial score (nSPS) is 39.7. The van der Waals surface area contributed by atoms with E-state index < -0.39 is 37.3 Å². The summed E-state index contributed by atoms with van der Waals surface area (Å²) in [5.74, 6) is -0.168. The van der Waals surface area contributed by atoms with E-state index in [2.05, 4.69) is 5.32 Å². The van der Waals surface area contributed by atoms with Crippen LogP contribution >= 0.6 is 0 Å². The van der Waals surface area contributed by atoms with Crippen LogP contribution in [-0.2, 0) is 9.53 Å². The zero-order valence-electron chi connectivity index (χ0n) is 8.91. The van der Waals surface area contributed by atoms with Crippen LogP contribution in [0, 0.1) is 0 Å². The Morgan fingerprint density at radius 3 is 2.44 bits per heavy atom. The Labute approximate surface area is 92.7 Å². The Morgan fingerprint density at radius 2 is 1.94 bits per heavy atom. The van der Waals surface area contributed by atoms with E-state index in [9.17, 15) is 20.1 Å². The molecule has 0 radical (unpaired) electrons. The molecule has 0 saturated carbocycles. The Morgan fingerprint density at radius 1 is 1.31 bits per heavy atom. The monoisotopic (exact) mass is 235 g/mol. The van der Waals surface area contributed by atoms with E-state index in [-0.39, 0.29) is 12.3 Å². The van der Waals surface area contributed by atoms with Gasteiger partial charge in [-0.15, -0.1) is 0 Å². The van der Waals surface area contributed by atoms with Crippen molar-refractivity contribution in [1.82, 2.24) is 5.32 Å². The van der Waals surface area contributed by atoms with Crippen LogP contribution in [0.3, 0.4) is 0 Å². The van der Waals surface area contributed by atoms with E-state index in [1.165, 1.54) is 6.92 Å². The first-order valence-electron chi connectivity index (χ1n) is 5.00. The molecule has 0 spiro atoms. The molecule has 0 bridgehead atoms. The number of aliphatic hydroxyl groups is 4. The van der Waals surface area contributed by atoms with Crippen molar-refractivity contribution in [3.8, 4) is 0 Å². The lowest BCUT2D eigenvalue weighted by Gasteiger charge is -2.40. The molecule has 0 aromatic rings. The van der Waals surface area contributed by atoms with E-state index >= 15 is 0 Å². The Hall–Kier alpha value is -0.570. The van der Waals surface area contributed by atoms with E-state index in [1.807, 2.05) is 0 Å². The van der Waals surface area contributed by atoms with Gasteiger partial charge < -0.3 is 30.5 Å². The lowest BCUT2D eigenvalue weighted by Crippen LogP contribution is -2.63. The molecule has 1 heterocycles. The number of nitrogens with one attached hydrogen (secondary N) is 1. The van der Waals surface area contributed by atoms with Crippen LogP contribution in [0.5, 0.6) is 0 Å². The second-order valence-electron chi connectivity index (χ2n) is 3.84. The van der Waals surface area contributed by atoms with Gasteiger partial charge in [0.1, 0.15) is 24.1 Å². The molecule has 16 heavy (non-hydrogen) atoms. The highest BCUT2D eigenvalue weighted by atomic mass is 16.6. The predicted molar refractivity (Wildman–Crippen MR) is 52.5 cm³/mol. The number of rotatable bonds is 4. The standard InChI is InChI=1S/C9H17NO6/c1-4(12)2-10-6-8(14)7(13)5(3-11)16-9(6)15/h5-11,13-15H,2-3H2,1H3/t5-,6-,7-,8-,9?/m1/s1. The number of carbonyl (C=O) groups excluding carboxylic acids is 1. The number of ether oxygens (including phenoxy) is 1. The van der Waals surface area contributed by atoms with E-state index in [0.717, 1.165) is 0 Å². The highest BCUT2D eigenvalue weighted by molar-refractivity contribution is 5.77. The van der Waals surface area contributed by atoms with Gasteiger partial charge in [-0.2, -0.15) is 0 Å². The molecule has 94 valence electrons. The number of carbonyl (C=O) groups is 1. The summed E-state index contributed by atoms with van der Waals surface area (Å²) in [7, 11) is 0. The van der Waals surface area contributed by atoms with Crippen LogP contribution in [-0.4, -0.2) is 70.0 Å². The summed E-state index contributed by atoms with van der Waals surface area (Å²) in [6.45, 7) is 0.801. The van der Waals surface area contributed by atoms with Crippen molar-refractivity contribution >= 4 is 5.78 Å². The third-order valence-corrected chi connectivity index (χ3v) is 2.49. The van der Waals surface area contributed by atoms with Gasteiger partial charge in [0, 0.05) is 0 Å². The van der Waals surface area contributed by atoms with Crippen molar-refractivity contribution in [3.05, 3.63) is 0 Å². The number of Topliss-reactive ketones (excluding diaryl/α,β-unsaturated/α-hetero) is 1. The summed E-state index contributed by atoms with van der Waals surface area (Å²) in [5, 5.41) is 40.1. The first-order valence-corrected chi connectivity index (χ1v) is 5.00. The molecule has 1 unspecified atom stereocenters. The highest BCUT2D eigenvalue weighted by Gasteiger charge is 2.43. The van der Waals surface area contributed by atoms with Gasteiger partial charge in [-0.3, -0.25) is 4.79 Å². The number of hydrogen-bond donors (Lipinski definition) is 5. The maximum absolute atomic E-state index is 10.7. The molecule has 1 saturated heterocycles. The zero-order chi connectivity index (χ0) is 12.3. The number of aliphatic hydroxyl groups excluding tert-OH is 4. The van der Waals surface area contributed by atoms with Crippen molar-refractivity contribution in [3.63, 3.8) is 0 Å². The van der Waals surface area contributed by atoms with Gasteiger partial charge in [0.15, 0.2) is 6.29 Å². The quantitative estimate of drug-likeness (QED) is 0.351. The minimum absolute atomic E-state index is 0.0430. The fourth-order valence-electron chi connectivity index (χ4n) is 1.58. The Bertz CT molecular complexity index is 248. The van der Waals surface area contributed by atoms with Crippen LogP contribution in [0.2, 0.25) is 0 Å². The molecule has 0 aromatic heterocycles. The van der Waals surface area contributed by atoms with Gasteiger partial charge in [0.05, 0.1) is 19.2 Å². The maximum atomic E-state index is 10.7. The summed E-state index contributed by atoms with van der Waals surface area (Å²) in [5.41, 5.74) is 0. The summed E-state index contributed by atoms with van der Waals surface area (Å²) < 4.78 is 4.88. The van der Waals surface area contributed by atoms with Gasteiger partial charge in [-0.25, -0.2) is 0 Å². The van der Waals surface area contributed by atoms with E-state index in [4.69, 9.17) is 9.84 Å². The SMILES string of the molecule is CC(=O)CN[C@H]1C(O)O[C@H](CO)[C@@H](O)[C@@H]1O. The third-order valence-electron chi connectivity index (χ3n) is 2.49. The van der Waals surface area contributed by atoms with Gasteiger partial charge in [0.2, 0.25) is 0 Å². The van der Waals surface area contributed by atoms with Crippen molar-refractivity contribution in [2.45, 2.75) is 37.6 Å². The van der Waals surface area contributed by atoms with Crippen molar-refractivity contribution in [2.24, 2.45) is 0 Å². The number of ketones is 1. The molecule has 7 heteroatoms. The molecule has 0 amide bonds. The van der Waals surface area contributed by atoms with Crippen molar-refractivity contribution in [1.29, 1.82) is 0 Å². The van der Waals surface area contributed by atoms with Crippen LogP contribution in [0.25, 0.3) is 0 Å². The van der Waals surface area contributed by atoms with Gasteiger partial charge in [0.25, 0.3) is 0 Å². The van der Waals surface area contributed by atoms with Gasteiger partial charge in [-0.1, -0.05) is 0 Å². The topological polar surface area (TPSA) is 119 Å². The van der Waals surface area contributed by atoms with Crippen LogP contribution in [0.15, 0.2) is 0 Å². The second-order valence-corrected chi connectivity index (χ2v) is 3.84. The third kappa shape index (κ3) is 2.97. The molecule has 5 atom stereocenters. The lowest BCUT2D eigenvalue weighted by atomic mass is 9.97. The second kappa shape index (κ2) is 5.67. The Balaban J connectivity index is 2.60.